The van der Waals surface area contributed by atoms with Gasteiger partial charge in [0.1, 0.15) is 5.75 Å². The van der Waals surface area contributed by atoms with E-state index in [4.69, 9.17) is 16.3 Å². The van der Waals surface area contributed by atoms with E-state index < -0.39 is 11.8 Å². The summed E-state index contributed by atoms with van der Waals surface area (Å²) in [6.07, 6.45) is 0.0115. The highest BCUT2D eigenvalue weighted by Gasteiger charge is 2.08. The van der Waals surface area contributed by atoms with Crippen LogP contribution in [-0.4, -0.2) is 30.9 Å². The van der Waals surface area contributed by atoms with Crippen molar-refractivity contribution in [3.05, 3.63) is 64.2 Å². The summed E-state index contributed by atoms with van der Waals surface area (Å²) in [5.41, 5.74) is 7.18. The molecule has 0 heterocycles. The number of amides is 3. The van der Waals surface area contributed by atoms with Crippen LogP contribution < -0.4 is 20.9 Å². The summed E-state index contributed by atoms with van der Waals surface area (Å²) >= 11 is 5.76. The van der Waals surface area contributed by atoms with Crippen LogP contribution in [0, 0.1) is 13.8 Å². The van der Waals surface area contributed by atoms with Crippen molar-refractivity contribution in [2.75, 3.05) is 13.2 Å². The van der Waals surface area contributed by atoms with Gasteiger partial charge in [0.25, 0.3) is 11.8 Å². The molecule has 0 atom stereocenters. The summed E-state index contributed by atoms with van der Waals surface area (Å²) in [7, 11) is 0. The maximum atomic E-state index is 11.9. The highest BCUT2D eigenvalue weighted by Crippen LogP contribution is 2.16. The van der Waals surface area contributed by atoms with Crippen LogP contribution in [0.1, 0.15) is 27.9 Å². The molecule has 148 valence electrons. The Morgan fingerprint density at radius 3 is 2.29 bits per heavy atom. The van der Waals surface area contributed by atoms with Crippen molar-refractivity contribution in [2.45, 2.75) is 20.3 Å². The van der Waals surface area contributed by atoms with E-state index in [1.54, 1.807) is 30.3 Å². The van der Waals surface area contributed by atoms with Gasteiger partial charge in [-0.1, -0.05) is 17.7 Å². The van der Waals surface area contributed by atoms with Crippen molar-refractivity contribution >= 4 is 29.3 Å². The number of carbonyl (C=O) groups is 3. The summed E-state index contributed by atoms with van der Waals surface area (Å²) < 4.78 is 5.38. The Kier molecular flexibility index (Phi) is 7.83. The molecule has 0 bridgehead atoms. The second-order valence-electron chi connectivity index (χ2n) is 6.14. The molecule has 0 spiro atoms. The Labute approximate surface area is 168 Å². The van der Waals surface area contributed by atoms with Crippen molar-refractivity contribution in [1.29, 1.82) is 0 Å². The average Bonchev–Trinajstić information content (AvgIpc) is 2.67. The third kappa shape index (κ3) is 6.92. The molecule has 0 aliphatic rings. The summed E-state index contributed by atoms with van der Waals surface area (Å²) in [6, 6.07) is 11.9. The quantitative estimate of drug-likeness (QED) is 0.618. The van der Waals surface area contributed by atoms with E-state index in [1.165, 1.54) is 0 Å². The maximum Gasteiger partial charge on any atom is 0.276 e. The number of hydrazine groups is 1. The molecule has 0 unspecified atom stereocenters. The molecular weight excluding hydrogens is 382 g/mol. The number of rotatable bonds is 7. The molecule has 2 aromatic rings. The molecular formula is C20H22ClN3O4. The third-order valence-corrected chi connectivity index (χ3v) is 4.19. The molecule has 8 heteroatoms. The van der Waals surface area contributed by atoms with Crippen LogP contribution in [0.4, 0.5) is 0 Å². The topological polar surface area (TPSA) is 96.5 Å². The molecule has 0 aromatic heterocycles. The third-order valence-electron chi connectivity index (χ3n) is 3.93. The summed E-state index contributed by atoms with van der Waals surface area (Å²) in [5.74, 6) is -0.655. The number of ether oxygens (including phenoxy) is 1. The van der Waals surface area contributed by atoms with Gasteiger partial charge in [-0.25, -0.2) is 0 Å². The van der Waals surface area contributed by atoms with Gasteiger partial charge in [-0.2, -0.15) is 0 Å². The van der Waals surface area contributed by atoms with Gasteiger partial charge in [0, 0.05) is 23.6 Å². The minimum absolute atomic E-state index is 0.0115. The first-order chi connectivity index (χ1) is 13.3. The number of halogens is 1. The van der Waals surface area contributed by atoms with Crippen molar-refractivity contribution in [1.82, 2.24) is 16.2 Å². The number of hydrogen-bond acceptors (Lipinski definition) is 4. The molecule has 28 heavy (non-hydrogen) atoms. The van der Waals surface area contributed by atoms with E-state index in [1.807, 2.05) is 26.0 Å². The highest BCUT2D eigenvalue weighted by molar-refractivity contribution is 6.30. The molecule has 0 fully saturated rings. The Hall–Kier alpha value is -3.06. The van der Waals surface area contributed by atoms with Crippen LogP contribution >= 0.6 is 11.6 Å². The SMILES string of the molecule is Cc1ccc(OCC(=O)NNC(=O)CCNC(=O)c2ccc(Cl)cc2)cc1C. The maximum absolute atomic E-state index is 11.9. The molecule has 0 aliphatic carbocycles. The zero-order valence-electron chi connectivity index (χ0n) is 15.7. The van der Waals surface area contributed by atoms with Gasteiger partial charge in [0.15, 0.2) is 6.61 Å². The summed E-state index contributed by atoms with van der Waals surface area (Å²) in [4.78, 5) is 35.4. The van der Waals surface area contributed by atoms with E-state index in [2.05, 4.69) is 16.2 Å². The van der Waals surface area contributed by atoms with Gasteiger partial charge in [0.05, 0.1) is 0 Å². The molecule has 2 rings (SSSR count). The van der Waals surface area contributed by atoms with Gasteiger partial charge >= 0.3 is 0 Å². The van der Waals surface area contributed by atoms with Gasteiger partial charge in [0.2, 0.25) is 5.91 Å². The lowest BCUT2D eigenvalue weighted by molar-refractivity contribution is -0.129. The van der Waals surface area contributed by atoms with E-state index >= 15 is 0 Å². The van der Waals surface area contributed by atoms with E-state index in [9.17, 15) is 14.4 Å². The van der Waals surface area contributed by atoms with Crippen molar-refractivity contribution < 1.29 is 19.1 Å². The molecule has 0 saturated heterocycles. The fourth-order valence-electron chi connectivity index (χ4n) is 2.18. The monoisotopic (exact) mass is 403 g/mol. The number of hydrogen-bond donors (Lipinski definition) is 3. The lowest BCUT2D eigenvalue weighted by Gasteiger charge is -2.10. The van der Waals surface area contributed by atoms with Crippen LogP contribution in [-0.2, 0) is 9.59 Å². The minimum Gasteiger partial charge on any atom is -0.484 e. The van der Waals surface area contributed by atoms with Crippen molar-refractivity contribution in [3.8, 4) is 5.75 Å². The Bertz CT molecular complexity index is 853. The molecule has 7 nitrogen and oxygen atoms in total. The predicted octanol–water partition coefficient (Wildman–Crippen LogP) is 2.30. The Balaban J connectivity index is 1.63. The predicted molar refractivity (Wildman–Crippen MR) is 106 cm³/mol. The average molecular weight is 404 g/mol. The molecule has 0 radical (unpaired) electrons. The number of nitrogens with one attached hydrogen (secondary N) is 3. The van der Waals surface area contributed by atoms with Gasteiger partial charge in [-0.3, -0.25) is 25.2 Å². The fourth-order valence-corrected chi connectivity index (χ4v) is 2.31. The number of carbonyl (C=O) groups excluding carboxylic acids is 3. The molecule has 0 aliphatic heterocycles. The van der Waals surface area contributed by atoms with E-state index in [-0.39, 0.29) is 25.5 Å². The first-order valence-electron chi connectivity index (χ1n) is 8.66. The fraction of sp³-hybridized carbons (Fsp3) is 0.250. The first kappa shape index (κ1) is 21.2. The minimum atomic E-state index is -0.489. The molecule has 3 amide bonds. The lowest BCUT2D eigenvalue weighted by Crippen LogP contribution is -2.44. The molecule has 2 aromatic carbocycles. The Morgan fingerprint density at radius 1 is 0.929 bits per heavy atom. The van der Waals surface area contributed by atoms with Crippen molar-refractivity contribution in [2.24, 2.45) is 0 Å². The van der Waals surface area contributed by atoms with Crippen LogP contribution in [0.15, 0.2) is 42.5 Å². The first-order valence-corrected chi connectivity index (χ1v) is 9.04. The van der Waals surface area contributed by atoms with Crippen LogP contribution in [0.3, 0.4) is 0 Å². The van der Waals surface area contributed by atoms with Gasteiger partial charge in [-0.05, 0) is 61.4 Å². The number of benzene rings is 2. The smallest absolute Gasteiger partial charge is 0.276 e. The highest BCUT2D eigenvalue weighted by atomic mass is 35.5. The van der Waals surface area contributed by atoms with Crippen molar-refractivity contribution in [3.63, 3.8) is 0 Å². The summed E-state index contributed by atoms with van der Waals surface area (Å²) in [6.45, 7) is 3.84. The summed E-state index contributed by atoms with van der Waals surface area (Å²) in [5, 5.41) is 3.15. The van der Waals surface area contributed by atoms with Gasteiger partial charge < -0.3 is 10.1 Å². The van der Waals surface area contributed by atoms with E-state index in [0.29, 0.717) is 16.3 Å². The van der Waals surface area contributed by atoms with Gasteiger partial charge in [-0.15, -0.1) is 0 Å². The lowest BCUT2D eigenvalue weighted by atomic mass is 10.1. The van der Waals surface area contributed by atoms with Crippen LogP contribution in [0.2, 0.25) is 5.02 Å². The van der Waals surface area contributed by atoms with Crippen LogP contribution in [0.25, 0.3) is 0 Å². The molecule has 0 saturated carbocycles. The normalized spacial score (nSPS) is 10.1. The second kappa shape index (κ2) is 10.3. The number of aryl methyl sites for hydroxylation is 2. The van der Waals surface area contributed by atoms with E-state index in [0.717, 1.165) is 11.1 Å². The van der Waals surface area contributed by atoms with Crippen LogP contribution in [0.5, 0.6) is 5.75 Å². The standard InChI is InChI=1S/C20H22ClN3O4/c1-13-3-8-17(11-14(13)2)28-12-19(26)24-23-18(25)9-10-22-20(27)15-4-6-16(21)7-5-15/h3-8,11H,9-10,12H2,1-2H3,(H,22,27)(H,23,25)(H,24,26). The second-order valence-corrected chi connectivity index (χ2v) is 6.58. The zero-order chi connectivity index (χ0) is 20.5. The zero-order valence-corrected chi connectivity index (χ0v) is 16.4. The molecule has 3 N–H and O–H groups in total. The largest absolute Gasteiger partial charge is 0.484 e. The Morgan fingerprint density at radius 2 is 1.61 bits per heavy atom.